The maximum atomic E-state index is 5.57. The van der Waals surface area contributed by atoms with Crippen molar-refractivity contribution in [1.29, 1.82) is 0 Å². The fraction of sp³-hybridized carbons (Fsp3) is 0.364. The van der Waals surface area contributed by atoms with Crippen LogP contribution in [0.3, 0.4) is 0 Å². The SMILES string of the molecule is CCOc1c(C)cc(C(N)=S)cc1C. The van der Waals surface area contributed by atoms with Crippen LogP contribution in [0.5, 0.6) is 5.75 Å². The summed E-state index contributed by atoms with van der Waals surface area (Å²) in [6.45, 7) is 6.65. The summed E-state index contributed by atoms with van der Waals surface area (Å²) in [5.74, 6) is 0.938. The summed E-state index contributed by atoms with van der Waals surface area (Å²) in [5, 5.41) is 0. The molecule has 1 aromatic rings. The number of nitrogens with two attached hydrogens (primary N) is 1. The summed E-state index contributed by atoms with van der Waals surface area (Å²) in [6, 6.07) is 3.92. The van der Waals surface area contributed by atoms with Crippen LogP contribution in [0.4, 0.5) is 0 Å². The van der Waals surface area contributed by atoms with Crippen LogP contribution in [0.1, 0.15) is 23.6 Å². The molecule has 0 fully saturated rings. The Labute approximate surface area is 90.1 Å². The minimum atomic E-state index is 0.430. The molecule has 2 N–H and O–H groups in total. The van der Waals surface area contributed by atoms with Crippen LogP contribution >= 0.6 is 12.2 Å². The molecule has 0 aromatic heterocycles. The van der Waals surface area contributed by atoms with Gasteiger partial charge in [-0.15, -0.1) is 0 Å². The Kier molecular flexibility index (Phi) is 3.47. The summed E-state index contributed by atoms with van der Waals surface area (Å²) < 4.78 is 5.52. The Bertz CT molecular complexity index is 337. The van der Waals surface area contributed by atoms with E-state index in [0.717, 1.165) is 22.4 Å². The zero-order valence-corrected chi connectivity index (χ0v) is 9.57. The van der Waals surface area contributed by atoms with Crippen molar-refractivity contribution in [1.82, 2.24) is 0 Å². The van der Waals surface area contributed by atoms with Gasteiger partial charge < -0.3 is 10.5 Å². The molecule has 0 heterocycles. The molecule has 0 bridgehead atoms. The highest BCUT2D eigenvalue weighted by Gasteiger charge is 2.06. The minimum Gasteiger partial charge on any atom is -0.493 e. The van der Waals surface area contributed by atoms with Gasteiger partial charge in [0.15, 0.2) is 0 Å². The van der Waals surface area contributed by atoms with Crippen molar-refractivity contribution in [2.75, 3.05) is 6.61 Å². The van der Waals surface area contributed by atoms with E-state index in [1.165, 1.54) is 0 Å². The molecule has 1 aromatic carbocycles. The van der Waals surface area contributed by atoms with Gasteiger partial charge in [0.1, 0.15) is 10.7 Å². The van der Waals surface area contributed by atoms with E-state index in [1.54, 1.807) is 0 Å². The van der Waals surface area contributed by atoms with E-state index in [4.69, 9.17) is 22.7 Å². The number of ether oxygens (including phenoxy) is 1. The molecule has 0 aliphatic carbocycles. The van der Waals surface area contributed by atoms with Crippen LogP contribution in [-0.4, -0.2) is 11.6 Å². The molecule has 0 saturated heterocycles. The molecule has 0 amide bonds. The Morgan fingerprint density at radius 2 is 1.86 bits per heavy atom. The molecular formula is C11H15NOS. The maximum Gasteiger partial charge on any atom is 0.125 e. The van der Waals surface area contributed by atoms with E-state index in [-0.39, 0.29) is 0 Å². The second-order valence-electron chi connectivity index (χ2n) is 3.24. The van der Waals surface area contributed by atoms with Gasteiger partial charge >= 0.3 is 0 Å². The average molecular weight is 209 g/mol. The van der Waals surface area contributed by atoms with Crippen LogP contribution in [-0.2, 0) is 0 Å². The second kappa shape index (κ2) is 4.42. The summed E-state index contributed by atoms with van der Waals surface area (Å²) in [6.07, 6.45) is 0. The molecule has 3 heteroatoms. The lowest BCUT2D eigenvalue weighted by molar-refractivity contribution is 0.335. The third-order valence-corrected chi connectivity index (χ3v) is 2.27. The third-order valence-electron chi connectivity index (χ3n) is 2.03. The van der Waals surface area contributed by atoms with Crippen molar-refractivity contribution in [3.05, 3.63) is 28.8 Å². The van der Waals surface area contributed by atoms with Crippen LogP contribution in [0.2, 0.25) is 0 Å². The van der Waals surface area contributed by atoms with E-state index in [9.17, 15) is 0 Å². The Hall–Kier alpha value is -1.09. The van der Waals surface area contributed by atoms with E-state index < -0.39 is 0 Å². The molecule has 2 nitrogen and oxygen atoms in total. The van der Waals surface area contributed by atoms with Crippen molar-refractivity contribution >= 4 is 17.2 Å². The first-order valence-corrected chi connectivity index (χ1v) is 5.01. The molecule has 1 rings (SSSR count). The quantitative estimate of drug-likeness (QED) is 0.776. The summed E-state index contributed by atoms with van der Waals surface area (Å²) in [5.41, 5.74) is 8.62. The molecule has 0 unspecified atom stereocenters. The summed E-state index contributed by atoms with van der Waals surface area (Å²) in [4.78, 5) is 0.430. The predicted octanol–water partition coefficient (Wildman–Crippen LogP) is 2.34. The lowest BCUT2D eigenvalue weighted by Gasteiger charge is -2.12. The van der Waals surface area contributed by atoms with Crippen LogP contribution in [0.15, 0.2) is 12.1 Å². The first kappa shape index (κ1) is 11.0. The van der Waals surface area contributed by atoms with Crippen molar-refractivity contribution < 1.29 is 4.74 Å². The highest BCUT2D eigenvalue weighted by molar-refractivity contribution is 7.80. The lowest BCUT2D eigenvalue weighted by Crippen LogP contribution is -2.10. The van der Waals surface area contributed by atoms with Gasteiger partial charge in [0.25, 0.3) is 0 Å². The van der Waals surface area contributed by atoms with E-state index in [1.807, 2.05) is 32.9 Å². The van der Waals surface area contributed by atoms with Gasteiger partial charge in [0, 0.05) is 5.56 Å². The number of rotatable bonds is 3. The van der Waals surface area contributed by atoms with Crippen molar-refractivity contribution in [2.45, 2.75) is 20.8 Å². The molecule has 0 radical (unpaired) electrons. The number of hydrogen-bond donors (Lipinski definition) is 1. The molecule has 14 heavy (non-hydrogen) atoms. The highest BCUT2D eigenvalue weighted by Crippen LogP contribution is 2.24. The van der Waals surface area contributed by atoms with Gasteiger partial charge in [-0.3, -0.25) is 0 Å². The second-order valence-corrected chi connectivity index (χ2v) is 3.68. The van der Waals surface area contributed by atoms with Crippen LogP contribution < -0.4 is 10.5 Å². The van der Waals surface area contributed by atoms with Crippen molar-refractivity contribution in [2.24, 2.45) is 5.73 Å². The first-order valence-electron chi connectivity index (χ1n) is 4.60. The topological polar surface area (TPSA) is 35.2 Å². The van der Waals surface area contributed by atoms with E-state index in [0.29, 0.717) is 11.6 Å². The number of aryl methyl sites for hydroxylation is 2. The largest absolute Gasteiger partial charge is 0.493 e. The number of thiocarbonyl (C=S) groups is 1. The van der Waals surface area contributed by atoms with Crippen LogP contribution in [0, 0.1) is 13.8 Å². The summed E-state index contributed by atoms with van der Waals surface area (Å²) >= 11 is 4.93. The van der Waals surface area contributed by atoms with Gasteiger partial charge in [0.05, 0.1) is 6.61 Å². The lowest BCUT2D eigenvalue weighted by atomic mass is 10.1. The molecule has 0 saturated carbocycles. The van der Waals surface area contributed by atoms with Gasteiger partial charge in [-0.25, -0.2) is 0 Å². The standard InChI is InChI=1S/C11H15NOS/c1-4-13-10-7(2)5-9(11(12)14)6-8(10)3/h5-6H,4H2,1-3H3,(H2,12,14). The normalized spacial score (nSPS) is 9.93. The molecular weight excluding hydrogens is 194 g/mol. The monoisotopic (exact) mass is 209 g/mol. The zero-order valence-electron chi connectivity index (χ0n) is 8.76. The van der Waals surface area contributed by atoms with Gasteiger partial charge in [-0.2, -0.15) is 0 Å². The molecule has 76 valence electrons. The Morgan fingerprint density at radius 3 is 2.21 bits per heavy atom. The highest BCUT2D eigenvalue weighted by atomic mass is 32.1. The van der Waals surface area contributed by atoms with Gasteiger partial charge in [-0.1, -0.05) is 12.2 Å². The molecule has 0 spiro atoms. The van der Waals surface area contributed by atoms with Gasteiger partial charge in [0.2, 0.25) is 0 Å². The number of benzene rings is 1. The molecule has 0 aliphatic rings. The molecule has 0 aliphatic heterocycles. The Balaban J connectivity index is 3.18. The smallest absolute Gasteiger partial charge is 0.125 e. The first-order chi connectivity index (χ1) is 6.56. The fourth-order valence-electron chi connectivity index (χ4n) is 1.46. The third kappa shape index (κ3) is 2.23. The average Bonchev–Trinajstić information content (AvgIpc) is 2.10. The van der Waals surface area contributed by atoms with E-state index >= 15 is 0 Å². The fourth-order valence-corrected chi connectivity index (χ4v) is 1.58. The van der Waals surface area contributed by atoms with E-state index in [2.05, 4.69) is 0 Å². The van der Waals surface area contributed by atoms with Crippen LogP contribution in [0.25, 0.3) is 0 Å². The minimum absolute atomic E-state index is 0.430. The molecule has 0 atom stereocenters. The maximum absolute atomic E-state index is 5.57. The van der Waals surface area contributed by atoms with Crippen molar-refractivity contribution in [3.8, 4) is 5.75 Å². The zero-order chi connectivity index (χ0) is 10.7. The Morgan fingerprint density at radius 1 is 1.36 bits per heavy atom. The predicted molar refractivity (Wildman–Crippen MR) is 63.0 cm³/mol. The summed E-state index contributed by atoms with van der Waals surface area (Å²) in [7, 11) is 0. The van der Waals surface area contributed by atoms with Gasteiger partial charge in [-0.05, 0) is 44.0 Å². The van der Waals surface area contributed by atoms with Crippen molar-refractivity contribution in [3.63, 3.8) is 0 Å². The number of hydrogen-bond acceptors (Lipinski definition) is 2.